The molecule has 20 heteroatoms. The molecule has 2 rings (SSSR count). The summed E-state index contributed by atoms with van der Waals surface area (Å²) in [6.45, 7) is 11.0. The minimum absolute atomic E-state index is 0.0805. The van der Waals surface area contributed by atoms with Gasteiger partial charge in [-0.15, -0.1) is 0 Å². The summed E-state index contributed by atoms with van der Waals surface area (Å²) in [6, 6.07) is -0.563. The molecule has 2 bridgehead atoms. The lowest BCUT2D eigenvalue weighted by Gasteiger charge is -2.45. The number of allylic oxidation sites excluding steroid dienone is 6. The number of aliphatic carboxylic acids is 1. The van der Waals surface area contributed by atoms with Crippen molar-refractivity contribution in [2.45, 2.75) is 217 Å². The molecule has 0 aromatic carbocycles. The Morgan fingerprint density at radius 2 is 1.45 bits per heavy atom. The maximum atomic E-state index is 13.2. The number of carbonyl (C=O) groups is 4. The van der Waals surface area contributed by atoms with E-state index in [1.807, 2.05) is 26.0 Å². The summed E-state index contributed by atoms with van der Waals surface area (Å²) in [7, 11) is 0. The van der Waals surface area contributed by atoms with E-state index < -0.39 is 134 Å². The summed E-state index contributed by atoms with van der Waals surface area (Å²) in [4.78, 5) is 48.0. The first-order chi connectivity index (χ1) is 34.7. The van der Waals surface area contributed by atoms with E-state index in [0.29, 0.717) is 12.1 Å². The second-order valence-electron chi connectivity index (χ2n) is 20.9. The van der Waals surface area contributed by atoms with Crippen LogP contribution in [0.15, 0.2) is 60.3 Å². The summed E-state index contributed by atoms with van der Waals surface area (Å²) >= 11 is 0. The third-order valence-electron chi connectivity index (χ3n) is 14.2. The van der Waals surface area contributed by atoms with Crippen LogP contribution in [-0.2, 0) is 28.6 Å². The Hall–Kier alpha value is -4.06. The van der Waals surface area contributed by atoms with Crippen molar-refractivity contribution in [2.24, 2.45) is 35.3 Å². The molecule has 18 unspecified atom stereocenters. The van der Waals surface area contributed by atoms with Gasteiger partial charge in [0.2, 0.25) is 0 Å². The number of carbonyl (C=O) groups excluding carboxylic acids is 3. The normalized spacial score (nSPS) is 35.9. The molecule has 424 valence electrons. The molecule has 20 nitrogen and oxygen atoms in total. The van der Waals surface area contributed by atoms with Crippen LogP contribution in [0.2, 0.25) is 0 Å². The number of nitrogens with two attached hydrogens (primary N) is 1. The van der Waals surface area contributed by atoms with Crippen LogP contribution in [-0.4, -0.2) is 166 Å². The first-order valence-electron chi connectivity index (χ1n) is 26.2. The van der Waals surface area contributed by atoms with Crippen LogP contribution in [0.5, 0.6) is 0 Å². The van der Waals surface area contributed by atoms with Crippen molar-refractivity contribution in [1.82, 2.24) is 5.32 Å². The quantitative estimate of drug-likeness (QED) is 0.0578. The number of carboxylic acids is 1. The molecule has 14 N–H and O–H groups in total. The Balaban J connectivity index is 2.41. The monoisotopic (exact) mass is 1050 g/mol. The molecule has 0 aromatic heterocycles. The Kier molecular flexibility index (Phi) is 30.2. The van der Waals surface area contributed by atoms with Gasteiger partial charge in [-0.2, -0.15) is 0 Å². The Morgan fingerprint density at radius 3 is 2.11 bits per heavy atom. The number of urea groups is 1. The highest BCUT2D eigenvalue weighted by Crippen LogP contribution is 2.36. The predicted molar refractivity (Wildman–Crippen MR) is 274 cm³/mol. The largest absolute Gasteiger partial charge is 0.481 e. The summed E-state index contributed by atoms with van der Waals surface area (Å²) in [5.41, 5.74) is 5.58. The molecule has 18 atom stereocenters. The lowest BCUT2D eigenvalue weighted by Crippen LogP contribution is -2.60. The fraction of sp³-hybridized carbons (Fsp3) is 0.741. The number of hydrogen-bond donors (Lipinski definition) is 13. The number of esters is 2. The summed E-state index contributed by atoms with van der Waals surface area (Å²) in [5.74, 6) is -7.93. The van der Waals surface area contributed by atoms with Crippen molar-refractivity contribution >= 4 is 23.9 Å². The molecule has 0 aromatic rings. The maximum Gasteiger partial charge on any atom is 0.331 e. The number of rotatable bonds is 12. The van der Waals surface area contributed by atoms with Gasteiger partial charge < -0.3 is 81.4 Å². The predicted octanol–water partition coefficient (Wildman–Crippen LogP) is 3.12. The standard InChI is InChI=1S/C54H90N2O18/c1-32-16-12-13-20-49(67)73-51(35(4)17-11-9-7-8-10-14-23-56-53(55)70)36(5)19-15-18-33(2)43(60)26-39(58)24-38(57)25-40(72-50(68)30-48(65)66)27-41-28-46(63)52(69)54(71,74-41)31-47(64)34(3)21-22-42(59)37(6)45(62)29-44(32)61/h7-8,12-13,15-16,18-20,32,34-47,51-52,57-64,69,71H,9-11,14,17,21-31H2,1-6H3,(H,65,66)(H3,55,56,70)/b8-7+,16-12?,19-15?,20-13?,33-18?. The second-order valence-corrected chi connectivity index (χ2v) is 20.9. The average molecular weight is 1060 g/mol. The molecule has 2 aliphatic rings. The maximum absolute atomic E-state index is 13.2. The number of cyclic esters (lactones) is 1. The molecule has 0 spiro atoms. The number of aliphatic hydroxyl groups is 10. The molecule has 0 saturated carbocycles. The molecular formula is C54H90N2O18. The van der Waals surface area contributed by atoms with E-state index in [9.17, 15) is 75.3 Å². The molecule has 2 aliphatic heterocycles. The smallest absolute Gasteiger partial charge is 0.331 e. The van der Waals surface area contributed by atoms with Crippen LogP contribution in [0.25, 0.3) is 0 Å². The molecule has 1 saturated heterocycles. The molecule has 0 aliphatic carbocycles. The van der Waals surface area contributed by atoms with Crippen LogP contribution in [0.3, 0.4) is 0 Å². The fourth-order valence-corrected chi connectivity index (χ4v) is 9.24. The highest BCUT2D eigenvalue weighted by molar-refractivity contribution is 5.90. The van der Waals surface area contributed by atoms with Gasteiger partial charge in [0.05, 0.1) is 54.9 Å². The zero-order valence-electron chi connectivity index (χ0n) is 44.2. The lowest BCUT2D eigenvalue weighted by atomic mass is 9.84. The summed E-state index contributed by atoms with van der Waals surface area (Å²) in [6.07, 6.45) is 1.45. The Bertz CT molecular complexity index is 1840. The number of unbranched alkanes of at least 4 members (excludes halogenated alkanes) is 2. The number of primary amides is 1. The van der Waals surface area contributed by atoms with Gasteiger partial charge in [0.15, 0.2) is 5.79 Å². The number of hydrogen-bond acceptors (Lipinski definition) is 17. The minimum Gasteiger partial charge on any atom is -0.481 e. The topological polar surface area (TPSA) is 357 Å². The van der Waals surface area contributed by atoms with Crippen molar-refractivity contribution in [3.63, 3.8) is 0 Å². The Morgan fingerprint density at radius 1 is 0.797 bits per heavy atom. The zero-order valence-corrected chi connectivity index (χ0v) is 44.2. The van der Waals surface area contributed by atoms with E-state index in [2.05, 4.69) is 11.4 Å². The van der Waals surface area contributed by atoms with Gasteiger partial charge in [-0.25, -0.2) is 9.59 Å². The highest BCUT2D eigenvalue weighted by Gasteiger charge is 2.50. The van der Waals surface area contributed by atoms with E-state index >= 15 is 0 Å². The molecule has 0 radical (unpaired) electrons. The highest BCUT2D eigenvalue weighted by atomic mass is 16.7. The molecular weight excluding hydrogens is 965 g/mol. The van der Waals surface area contributed by atoms with Crippen LogP contribution in [0, 0.1) is 29.6 Å². The van der Waals surface area contributed by atoms with E-state index in [4.69, 9.17) is 19.9 Å². The van der Waals surface area contributed by atoms with Crippen LogP contribution < -0.4 is 11.1 Å². The Labute approximate surface area is 436 Å². The number of fused-ring (bicyclic) bond motifs is 2. The van der Waals surface area contributed by atoms with Crippen molar-refractivity contribution in [2.75, 3.05) is 6.54 Å². The van der Waals surface area contributed by atoms with E-state index in [1.54, 1.807) is 52.0 Å². The third kappa shape index (κ3) is 25.2. The van der Waals surface area contributed by atoms with Crippen molar-refractivity contribution < 1.29 is 89.6 Å². The third-order valence-corrected chi connectivity index (χ3v) is 14.2. The number of carboxylic acid groups (broad SMARTS) is 1. The lowest BCUT2D eigenvalue weighted by molar-refractivity contribution is -0.333. The van der Waals surface area contributed by atoms with Crippen LogP contribution >= 0.6 is 0 Å². The molecule has 2 amide bonds. The molecule has 2 heterocycles. The fourth-order valence-electron chi connectivity index (χ4n) is 9.24. The van der Waals surface area contributed by atoms with Gasteiger partial charge >= 0.3 is 23.9 Å². The SMILES string of the molecule is CC1=CC=CC(C)C(C(C)CCC/C=C/CCCNC(N)=O)OC(=O)C=CC=CC(C)C(O)CC(O)C(C)C(O)CCC(C)C(O)CC2(O)OC(CC(OC(=O)CC(=O)O)CC(O)CC(O)CC1O)CC(O)C2O. The van der Waals surface area contributed by atoms with Crippen LogP contribution in [0.1, 0.15) is 138 Å². The average Bonchev–Trinajstić information content (AvgIpc) is 3.30. The van der Waals surface area contributed by atoms with Crippen LogP contribution in [0.4, 0.5) is 4.79 Å². The first kappa shape index (κ1) is 66.1. The zero-order chi connectivity index (χ0) is 55.7. The number of nitrogens with one attached hydrogen (secondary N) is 1. The summed E-state index contributed by atoms with van der Waals surface area (Å²) < 4.78 is 17.3. The van der Waals surface area contributed by atoms with Gasteiger partial charge in [0.25, 0.3) is 0 Å². The van der Waals surface area contributed by atoms with Gasteiger partial charge in [-0.1, -0.05) is 83.2 Å². The number of aliphatic hydroxyl groups excluding tert-OH is 9. The van der Waals surface area contributed by atoms with Gasteiger partial charge in [0.1, 0.15) is 24.7 Å². The van der Waals surface area contributed by atoms with Crippen molar-refractivity contribution in [3.05, 3.63) is 60.3 Å². The molecule has 1 fully saturated rings. The second kappa shape index (κ2) is 33.9. The molecule has 74 heavy (non-hydrogen) atoms. The van der Waals surface area contributed by atoms with Gasteiger partial charge in [-0.3, -0.25) is 9.59 Å². The van der Waals surface area contributed by atoms with Gasteiger partial charge in [-0.05, 0) is 75.7 Å². The van der Waals surface area contributed by atoms with Crippen molar-refractivity contribution in [1.29, 1.82) is 0 Å². The minimum atomic E-state index is -2.53. The first-order valence-corrected chi connectivity index (χ1v) is 26.2. The van der Waals surface area contributed by atoms with Crippen molar-refractivity contribution in [3.8, 4) is 0 Å². The van der Waals surface area contributed by atoms with E-state index in [0.717, 1.165) is 32.1 Å². The summed E-state index contributed by atoms with van der Waals surface area (Å²) in [5, 5.41) is 122. The number of amides is 2. The number of ether oxygens (including phenoxy) is 3. The van der Waals surface area contributed by atoms with E-state index in [1.165, 1.54) is 12.2 Å². The van der Waals surface area contributed by atoms with E-state index in [-0.39, 0.29) is 63.2 Å². The van der Waals surface area contributed by atoms with Gasteiger partial charge in [0, 0.05) is 68.9 Å².